The van der Waals surface area contributed by atoms with E-state index in [0.717, 1.165) is 0 Å². The van der Waals surface area contributed by atoms with Gasteiger partial charge in [-0.2, -0.15) is 8.42 Å². The van der Waals surface area contributed by atoms with Crippen molar-refractivity contribution in [2.24, 2.45) is 0 Å². The predicted octanol–water partition coefficient (Wildman–Crippen LogP) is -0.396. The van der Waals surface area contributed by atoms with E-state index in [1.165, 1.54) is 6.26 Å². The second-order valence-electron chi connectivity index (χ2n) is 1.37. The van der Waals surface area contributed by atoms with Crippen LogP contribution in [0.5, 0.6) is 0 Å². The number of nitrogens with zero attached hydrogens (tertiary/aromatic N) is 1. The lowest BCUT2D eigenvalue weighted by atomic mass is 10.7. The van der Waals surface area contributed by atoms with Crippen LogP contribution in [0.3, 0.4) is 0 Å². The summed E-state index contributed by atoms with van der Waals surface area (Å²) < 4.78 is 35.9. The highest BCUT2D eigenvalue weighted by Crippen LogP contribution is 1.90. The monoisotopic (exact) mass is 182 g/mol. The molecule has 1 aromatic heterocycles. The number of nitrogens with two attached hydrogens (primary N) is 1. The molecule has 0 amide bonds. The van der Waals surface area contributed by atoms with Crippen molar-refractivity contribution in [3.05, 3.63) is 12.3 Å². The van der Waals surface area contributed by atoms with E-state index >= 15 is 0 Å². The van der Waals surface area contributed by atoms with Gasteiger partial charge in [-0.05, 0) is 0 Å². The first-order valence-corrected chi connectivity index (χ1v) is 3.65. The second kappa shape index (κ2) is 3.91. The molecule has 0 saturated heterocycles. The topological polar surface area (TPSA) is 127 Å². The first-order chi connectivity index (χ1) is 4.89. The lowest BCUT2D eigenvalue weighted by Gasteiger charge is -1.68. The molecule has 1 aromatic rings. The number of hydrogen-bond donors (Lipinski definition) is 3. The van der Waals surface area contributed by atoms with E-state index in [4.69, 9.17) is 23.3 Å². The summed E-state index contributed by atoms with van der Waals surface area (Å²) in [6, 6.07) is 1.58. The molecule has 4 N–H and O–H groups in total. The van der Waals surface area contributed by atoms with Crippen molar-refractivity contribution in [2.75, 3.05) is 5.73 Å². The summed E-state index contributed by atoms with van der Waals surface area (Å²) in [6.45, 7) is 0. The molecule has 1 rings (SSSR count). The van der Waals surface area contributed by atoms with Gasteiger partial charge in [0.1, 0.15) is 6.26 Å². The summed E-state index contributed by atoms with van der Waals surface area (Å²) in [4.78, 5) is 0. The van der Waals surface area contributed by atoms with E-state index < -0.39 is 10.4 Å². The van der Waals surface area contributed by atoms with Crippen molar-refractivity contribution in [3.8, 4) is 0 Å². The van der Waals surface area contributed by atoms with Gasteiger partial charge in [0.05, 0.1) is 0 Å². The molecule has 0 atom stereocenters. The molecule has 64 valence electrons. The summed E-state index contributed by atoms with van der Waals surface area (Å²) in [5.41, 5.74) is 5.07. The molecule has 0 saturated carbocycles. The summed E-state index contributed by atoms with van der Waals surface area (Å²) >= 11 is 0. The molecule has 0 aromatic carbocycles. The molecular formula is C3H6N2O5S. The average molecular weight is 182 g/mol. The fraction of sp³-hybridized carbons (Fsp3) is 0. The first-order valence-electron chi connectivity index (χ1n) is 2.25. The maximum Gasteiger partial charge on any atom is 0.394 e. The molecule has 0 unspecified atom stereocenters. The number of rotatable bonds is 0. The third-order valence-electron chi connectivity index (χ3n) is 0.458. The zero-order chi connectivity index (χ0) is 8.91. The van der Waals surface area contributed by atoms with Crippen LogP contribution in [0.2, 0.25) is 0 Å². The SMILES string of the molecule is Nc1ccon1.O=S(=O)(O)O. The molecule has 11 heavy (non-hydrogen) atoms. The van der Waals surface area contributed by atoms with Crippen LogP contribution in [0.15, 0.2) is 16.9 Å². The molecule has 1 heterocycles. The van der Waals surface area contributed by atoms with Crippen molar-refractivity contribution in [1.29, 1.82) is 0 Å². The third kappa shape index (κ3) is 12.2. The largest absolute Gasteiger partial charge is 0.394 e. The number of anilines is 1. The Morgan fingerprint density at radius 1 is 1.55 bits per heavy atom. The minimum Gasteiger partial charge on any atom is -0.381 e. The lowest BCUT2D eigenvalue weighted by molar-refractivity contribution is 0.381. The fourth-order valence-electron chi connectivity index (χ4n) is 0.222. The quantitative estimate of drug-likeness (QED) is 0.466. The van der Waals surface area contributed by atoms with Crippen LogP contribution in [-0.2, 0) is 10.4 Å². The fourth-order valence-corrected chi connectivity index (χ4v) is 0.222. The summed E-state index contributed by atoms with van der Waals surface area (Å²) in [7, 11) is -4.67. The summed E-state index contributed by atoms with van der Waals surface area (Å²) in [5, 5.41) is 3.32. The molecular weight excluding hydrogens is 176 g/mol. The van der Waals surface area contributed by atoms with E-state index in [1.807, 2.05) is 0 Å². The van der Waals surface area contributed by atoms with Crippen molar-refractivity contribution < 1.29 is 22.0 Å². The normalized spacial score (nSPS) is 10.0. The van der Waals surface area contributed by atoms with Crippen molar-refractivity contribution in [1.82, 2.24) is 5.16 Å². The maximum absolute atomic E-state index is 8.74. The van der Waals surface area contributed by atoms with E-state index in [1.54, 1.807) is 6.07 Å². The van der Waals surface area contributed by atoms with Gasteiger partial charge in [0.2, 0.25) is 0 Å². The Morgan fingerprint density at radius 2 is 2.00 bits per heavy atom. The van der Waals surface area contributed by atoms with E-state index in [9.17, 15) is 0 Å². The van der Waals surface area contributed by atoms with Crippen molar-refractivity contribution in [2.45, 2.75) is 0 Å². The van der Waals surface area contributed by atoms with Gasteiger partial charge in [0.15, 0.2) is 5.82 Å². The molecule has 0 spiro atoms. The van der Waals surface area contributed by atoms with Crippen LogP contribution in [0.25, 0.3) is 0 Å². The molecule has 8 heteroatoms. The first kappa shape index (κ1) is 9.88. The van der Waals surface area contributed by atoms with E-state index in [0.29, 0.717) is 5.82 Å². The Morgan fingerprint density at radius 3 is 2.09 bits per heavy atom. The van der Waals surface area contributed by atoms with Gasteiger partial charge in [-0.15, -0.1) is 0 Å². The molecule has 0 fully saturated rings. The third-order valence-corrected chi connectivity index (χ3v) is 0.458. The Bertz CT molecular complexity index is 269. The average Bonchev–Trinajstić information content (AvgIpc) is 2.12. The predicted molar refractivity (Wildman–Crippen MR) is 35.1 cm³/mol. The smallest absolute Gasteiger partial charge is 0.381 e. The highest BCUT2D eigenvalue weighted by molar-refractivity contribution is 7.79. The molecule has 0 aliphatic heterocycles. The minimum atomic E-state index is -4.67. The van der Waals surface area contributed by atoms with E-state index in [-0.39, 0.29) is 0 Å². The van der Waals surface area contributed by atoms with Gasteiger partial charge >= 0.3 is 10.4 Å². The standard InChI is InChI=1S/C3H4N2O.H2O4S/c4-3-1-2-6-5-3;1-5(2,3)4/h1-2H,(H2,4,5);(H2,1,2,3,4). The van der Waals surface area contributed by atoms with Crippen LogP contribution in [0.4, 0.5) is 5.82 Å². The molecule has 0 aliphatic carbocycles. The van der Waals surface area contributed by atoms with Crippen molar-refractivity contribution >= 4 is 16.2 Å². The molecule has 7 nitrogen and oxygen atoms in total. The maximum atomic E-state index is 8.74. The van der Waals surface area contributed by atoms with Crippen LogP contribution in [-0.4, -0.2) is 22.7 Å². The van der Waals surface area contributed by atoms with Gasteiger partial charge in [0.25, 0.3) is 0 Å². The van der Waals surface area contributed by atoms with E-state index in [2.05, 4.69) is 9.68 Å². The minimum absolute atomic E-state index is 0.426. The number of hydrogen-bond acceptors (Lipinski definition) is 5. The Hall–Kier alpha value is -1.12. The summed E-state index contributed by atoms with van der Waals surface area (Å²) in [6.07, 6.45) is 1.43. The van der Waals surface area contributed by atoms with Gasteiger partial charge in [-0.3, -0.25) is 9.11 Å². The molecule has 0 radical (unpaired) electrons. The van der Waals surface area contributed by atoms with Crippen LogP contribution in [0, 0.1) is 0 Å². The second-order valence-corrected chi connectivity index (χ2v) is 2.27. The number of nitrogen functional groups attached to an aromatic ring is 1. The van der Waals surface area contributed by atoms with Crippen LogP contribution < -0.4 is 5.73 Å². The highest BCUT2D eigenvalue weighted by Gasteiger charge is 1.84. The Balaban J connectivity index is 0.000000187. The summed E-state index contributed by atoms with van der Waals surface area (Å²) in [5.74, 6) is 0.426. The zero-order valence-corrected chi connectivity index (χ0v) is 6.02. The van der Waals surface area contributed by atoms with Crippen LogP contribution >= 0.6 is 0 Å². The van der Waals surface area contributed by atoms with Gasteiger partial charge in [-0.1, -0.05) is 5.16 Å². The highest BCUT2D eigenvalue weighted by atomic mass is 32.3. The zero-order valence-electron chi connectivity index (χ0n) is 5.21. The van der Waals surface area contributed by atoms with Crippen LogP contribution in [0.1, 0.15) is 0 Å². The Kier molecular flexibility index (Phi) is 3.51. The van der Waals surface area contributed by atoms with Gasteiger partial charge < -0.3 is 10.3 Å². The van der Waals surface area contributed by atoms with Crippen molar-refractivity contribution in [3.63, 3.8) is 0 Å². The molecule has 0 aliphatic rings. The molecule has 0 bridgehead atoms. The number of aromatic nitrogens is 1. The van der Waals surface area contributed by atoms with Gasteiger partial charge in [0, 0.05) is 6.07 Å². The van der Waals surface area contributed by atoms with Gasteiger partial charge in [-0.25, -0.2) is 0 Å². The Labute approximate surface area is 62.4 Å². The lowest BCUT2D eigenvalue weighted by Crippen LogP contribution is -1.89.